The molecule has 0 N–H and O–H groups in total. The number of hydrogen-bond donors (Lipinski definition) is 0. The largest absolute Gasteiger partial charge is 0.497 e. The molecule has 0 radical (unpaired) electrons. The second-order valence-corrected chi connectivity index (χ2v) is 8.35. The highest BCUT2D eigenvalue weighted by atomic mass is 32.1. The van der Waals surface area contributed by atoms with E-state index in [0.717, 1.165) is 16.6 Å². The third kappa shape index (κ3) is 4.46. The van der Waals surface area contributed by atoms with Crippen molar-refractivity contribution in [2.24, 2.45) is 0 Å². The molecule has 168 valence electrons. The monoisotopic (exact) mass is 469 g/mol. The van der Waals surface area contributed by atoms with Gasteiger partial charge in [0, 0.05) is 28.0 Å². The summed E-state index contributed by atoms with van der Waals surface area (Å²) < 4.78 is 16.3. The number of ketones is 1. The Kier molecular flexibility index (Phi) is 5.93. The minimum absolute atomic E-state index is 0.137. The summed E-state index contributed by atoms with van der Waals surface area (Å²) in [6.45, 7) is -0.137. The number of Topliss-reactive ketones (excluding diaryl/α,β-unsaturated/α-hetero) is 1. The molecule has 0 aliphatic heterocycles. The molecule has 2 aromatic heterocycles. The van der Waals surface area contributed by atoms with Crippen LogP contribution >= 0.6 is 11.3 Å². The number of fused-ring (bicyclic) bond motifs is 1. The summed E-state index contributed by atoms with van der Waals surface area (Å²) in [5.74, 6) is 0.943. The van der Waals surface area contributed by atoms with Crippen molar-refractivity contribution in [3.05, 3.63) is 100 Å². The van der Waals surface area contributed by atoms with Crippen LogP contribution in [-0.2, 0) is 0 Å². The number of thiazole rings is 1. The summed E-state index contributed by atoms with van der Waals surface area (Å²) in [4.78, 5) is 29.7. The van der Waals surface area contributed by atoms with E-state index >= 15 is 0 Å². The number of carbonyl (C=O) groups is 1. The first-order valence-corrected chi connectivity index (χ1v) is 11.4. The smallest absolute Gasteiger partial charge is 0.346 e. The van der Waals surface area contributed by atoms with E-state index in [0.29, 0.717) is 33.2 Å². The Balaban J connectivity index is 1.34. The zero-order valence-electron chi connectivity index (χ0n) is 18.2. The Morgan fingerprint density at radius 2 is 1.74 bits per heavy atom. The predicted molar refractivity (Wildman–Crippen MR) is 132 cm³/mol. The molecule has 0 saturated heterocycles. The lowest BCUT2D eigenvalue weighted by Gasteiger charge is -2.07. The van der Waals surface area contributed by atoms with Crippen LogP contribution in [0.15, 0.2) is 93.5 Å². The van der Waals surface area contributed by atoms with Gasteiger partial charge in [0.15, 0.2) is 12.4 Å². The maximum atomic E-state index is 12.7. The van der Waals surface area contributed by atoms with Crippen molar-refractivity contribution >= 4 is 28.1 Å². The van der Waals surface area contributed by atoms with Crippen molar-refractivity contribution in [2.45, 2.75) is 0 Å². The van der Waals surface area contributed by atoms with Crippen molar-refractivity contribution in [2.75, 3.05) is 13.7 Å². The molecule has 0 aliphatic carbocycles. The van der Waals surface area contributed by atoms with Crippen molar-refractivity contribution in [1.29, 1.82) is 0 Å². The molecule has 0 fully saturated rings. The van der Waals surface area contributed by atoms with Gasteiger partial charge < -0.3 is 13.9 Å². The molecule has 0 amide bonds. The van der Waals surface area contributed by atoms with Crippen molar-refractivity contribution < 1.29 is 18.7 Å². The van der Waals surface area contributed by atoms with Crippen LogP contribution in [0.25, 0.3) is 32.8 Å². The highest BCUT2D eigenvalue weighted by Crippen LogP contribution is 2.29. The number of ether oxygens (including phenoxy) is 2. The van der Waals surface area contributed by atoms with Gasteiger partial charge in [0.25, 0.3) is 0 Å². The van der Waals surface area contributed by atoms with E-state index in [9.17, 15) is 9.59 Å². The second-order valence-electron chi connectivity index (χ2n) is 7.49. The molecule has 7 heteroatoms. The molecule has 0 atom stereocenters. The molecule has 0 bridgehead atoms. The molecule has 5 aromatic rings. The molecule has 5 rings (SSSR count). The van der Waals surface area contributed by atoms with Crippen molar-refractivity contribution in [3.63, 3.8) is 0 Å². The van der Waals surface area contributed by atoms with Gasteiger partial charge in [0.05, 0.1) is 18.4 Å². The van der Waals surface area contributed by atoms with Gasteiger partial charge in [-0.1, -0.05) is 30.3 Å². The lowest BCUT2D eigenvalue weighted by Crippen LogP contribution is -2.11. The Morgan fingerprint density at radius 3 is 2.50 bits per heavy atom. The summed E-state index contributed by atoms with van der Waals surface area (Å²) >= 11 is 1.39. The first-order chi connectivity index (χ1) is 16.6. The van der Waals surface area contributed by atoms with Crippen LogP contribution in [0.3, 0.4) is 0 Å². The lowest BCUT2D eigenvalue weighted by molar-refractivity contribution is 0.0921. The predicted octanol–water partition coefficient (Wildman–Crippen LogP) is 5.85. The number of hydrogen-bond acceptors (Lipinski definition) is 7. The van der Waals surface area contributed by atoms with Crippen molar-refractivity contribution in [1.82, 2.24) is 4.98 Å². The highest BCUT2D eigenvalue weighted by Gasteiger charge is 2.14. The summed E-state index contributed by atoms with van der Waals surface area (Å²) in [7, 11) is 1.57. The van der Waals surface area contributed by atoms with Crippen LogP contribution < -0.4 is 15.1 Å². The molecule has 0 aliphatic rings. The van der Waals surface area contributed by atoms with Crippen LogP contribution in [-0.4, -0.2) is 24.5 Å². The summed E-state index contributed by atoms with van der Waals surface area (Å²) in [6.07, 6.45) is 0. The van der Waals surface area contributed by atoms with Gasteiger partial charge in [-0.3, -0.25) is 4.79 Å². The normalized spacial score (nSPS) is 10.9. The molecule has 34 heavy (non-hydrogen) atoms. The molecule has 3 aromatic carbocycles. The average molecular weight is 470 g/mol. The van der Waals surface area contributed by atoms with Crippen LogP contribution in [0, 0.1) is 0 Å². The SMILES string of the molecule is COc1ccc(C(=O)COc2ccc3cc(-c4nc(-c5ccccc5)cs4)c(=O)oc3c2)cc1. The lowest BCUT2D eigenvalue weighted by atomic mass is 10.1. The number of methoxy groups -OCH3 is 1. The fourth-order valence-corrected chi connectivity index (χ4v) is 4.31. The average Bonchev–Trinajstić information content (AvgIpc) is 3.37. The zero-order valence-corrected chi connectivity index (χ0v) is 19.0. The topological polar surface area (TPSA) is 78.6 Å². The summed E-state index contributed by atoms with van der Waals surface area (Å²) in [6, 6.07) is 23.5. The number of carbonyl (C=O) groups excluding carboxylic acids is 1. The Hall–Kier alpha value is -4.23. The molecule has 6 nitrogen and oxygen atoms in total. The second kappa shape index (κ2) is 9.33. The van der Waals surface area contributed by atoms with Gasteiger partial charge in [0.2, 0.25) is 0 Å². The van der Waals surface area contributed by atoms with E-state index in [1.807, 2.05) is 35.7 Å². The third-order valence-electron chi connectivity index (χ3n) is 5.29. The molecule has 2 heterocycles. The van der Waals surface area contributed by atoms with Crippen LogP contribution in [0.4, 0.5) is 0 Å². The fourth-order valence-electron chi connectivity index (χ4n) is 3.48. The van der Waals surface area contributed by atoms with E-state index in [-0.39, 0.29) is 12.4 Å². The first-order valence-electron chi connectivity index (χ1n) is 10.5. The molecule has 0 unspecified atom stereocenters. The summed E-state index contributed by atoms with van der Waals surface area (Å²) in [5, 5.41) is 3.25. The molecular weight excluding hydrogens is 450 g/mol. The van der Waals surface area contributed by atoms with Crippen LogP contribution in [0.5, 0.6) is 11.5 Å². The number of aromatic nitrogens is 1. The van der Waals surface area contributed by atoms with Gasteiger partial charge in [-0.05, 0) is 42.5 Å². The van der Waals surface area contributed by atoms with Crippen LogP contribution in [0.2, 0.25) is 0 Å². The van der Waals surface area contributed by atoms with Gasteiger partial charge >= 0.3 is 5.63 Å². The van der Waals surface area contributed by atoms with Crippen molar-refractivity contribution in [3.8, 4) is 33.3 Å². The Morgan fingerprint density at radius 1 is 0.971 bits per heavy atom. The first kappa shape index (κ1) is 21.6. The maximum Gasteiger partial charge on any atom is 0.346 e. The Bertz CT molecular complexity index is 1520. The number of benzene rings is 3. The number of nitrogens with zero attached hydrogens (tertiary/aromatic N) is 1. The molecule has 0 saturated carbocycles. The zero-order chi connectivity index (χ0) is 23.5. The Labute approximate surface area is 199 Å². The minimum atomic E-state index is -0.479. The quantitative estimate of drug-likeness (QED) is 0.220. The van der Waals surface area contributed by atoms with E-state index in [4.69, 9.17) is 13.9 Å². The molecular formula is C27H19NO5S. The van der Waals surface area contributed by atoms with Gasteiger partial charge in [-0.2, -0.15) is 0 Å². The minimum Gasteiger partial charge on any atom is -0.497 e. The third-order valence-corrected chi connectivity index (χ3v) is 6.17. The van der Waals surface area contributed by atoms with E-state index in [1.54, 1.807) is 55.6 Å². The maximum absolute atomic E-state index is 12.7. The highest BCUT2D eigenvalue weighted by molar-refractivity contribution is 7.13. The van der Waals surface area contributed by atoms with Gasteiger partial charge in [-0.25, -0.2) is 9.78 Å². The summed E-state index contributed by atoms with van der Waals surface area (Å²) in [5.41, 5.74) is 2.63. The van der Waals surface area contributed by atoms with Gasteiger partial charge in [0.1, 0.15) is 22.1 Å². The standard InChI is InChI=1S/C27H19NO5S/c1-31-20-10-7-18(8-11-20)24(29)15-32-21-12-9-19-13-22(27(30)33-25(19)14-21)26-28-23(16-34-26)17-5-3-2-4-6-17/h2-14,16H,15H2,1H3. The van der Waals surface area contributed by atoms with E-state index in [2.05, 4.69) is 4.98 Å². The molecule has 0 spiro atoms. The number of rotatable bonds is 7. The van der Waals surface area contributed by atoms with Gasteiger partial charge in [-0.15, -0.1) is 11.3 Å². The van der Waals surface area contributed by atoms with E-state index < -0.39 is 5.63 Å². The fraction of sp³-hybridized carbons (Fsp3) is 0.0741. The van der Waals surface area contributed by atoms with E-state index in [1.165, 1.54) is 11.3 Å². The van der Waals surface area contributed by atoms with Crippen LogP contribution in [0.1, 0.15) is 10.4 Å².